The largest absolute Gasteiger partial charge is 0.456 e. The molecule has 5 nitrogen and oxygen atoms in total. The number of hydrogen-bond acceptors (Lipinski definition) is 5. The molecule has 0 bridgehead atoms. The van der Waals surface area contributed by atoms with E-state index in [2.05, 4.69) is 0 Å². The maximum absolute atomic E-state index is 12.6. The molecule has 2 aromatic carbocycles. The van der Waals surface area contributed by atoms with Gasteiger partial charge in [0.15, 0.2) is 11.6 Å². The van der Waals surface area contributed by atoms with Crippen molar-refractivity contribution < 1.29 is 19.1 Å². The number of carbonyl (C=O) groups excluding carboxylic acids is 2. The highest BCUT2D eigenvalue weighted by Gasteiger charge is 2.12. The van der Waals surface area contributed by atoms with Crippen LogP contribution in [0.3, 0.4) is 0 Å². The molecule has 5 heteroatoms. The molecule has 1 aromatic heterocycles. The van der Waals surface area contributed by atoms with Gasteiger partial charge < -0.3 is 9.52 Å². The lowest BCUT2D eigenvalue weighted by Gasteiger charge is -2.04. The Labute approximate surface area is 124 Å². The number of carbonyl (C=O) groups is 2. The number of hydrogen-bond donors (Lipinski definition) is 1. The minimum Gasteiger partial charge on any atom is -0.456 e. The van der Waals surface area contributed by atoms with E-state index in [4.69, 9.17) is 9.52 Å². The minimum atomic E-state index is -0.626. The third-order valence-electron chi connectivity index (χ3n) is 3.54. The Morgan fingerprint density at radius 3 is 2.09 bits per heavy atom. The highest BCUT2D eigenvalue weighted by molar-refractivity contribution is 6.02. The molecule has 0 unspecified atom stereocenters. The van der Waals surface area contributed by atoms with Crippen molar-refractivity contribution >= 4 is 33.5 Å². The molecule has 0 spiro atoms. The molecular weight excluding hydrogens is 284 g/mol. The van der Waals surface area contributed by atoms with E-state index >= 15 is 0 Å². The molecule has 0 aliphatic carbocycles. The van der Waals surface area contributed by atoms with Crippen LogP contribution in [0.15, 0.2) is 45.6 Å². The van der Waals surface area contributed by atoms with Crippen LogP contribution < -0.4 is 5.43 Å². The Hall–Kier alpha value is -2.79. The zero-order chi connectivity index (χ0) is 15.9. The topological polar surface area (TPSA) is 84.6 Å². The summed E-state index contributed by atoms with van der Waals surface area (Å²) < 4.78 is 5.65. The highest BCUT2D eigenvalue weighted by atomic mass is 16.3. The summed E-state index contributed by atoms with van der Waals surface area (Å²) in [6.45, 7) is 0.792. The van der Waals surface area contributed by atoms with Gasteiger partial charge in [-0.1, -0.05) is 0 Å². The standard InChI is InChI=1S/C17H12O5/c1-9(19)10-2-4-15-12(6-10)17(21)13-7-11(14(20)8-18)3-5-16(13)22-15/h2-7,18H,8H2,1H3. The minimum absolute atomic E-state index is 0.148. The highest BCUT2D eigenvalue weighted by Crippen LogP contribution is 2.21. The van der Waals surface area contributed by atoms with Crippen LogP contribution in [-0.4, -0.2) is 23.3 Å². The van der Waals surface area contributed by atoms with Crippen molar-refractivity contribution in [3.05, 3.63) is 57.7 Å². The van der Waals surface area contributed by atoms with E-state index in [0.29, 0.717) is 16.7 Å². The Bertz CT molecular complexity index is 981. The van der Waals surface area contributed by atoms with Crippen LogP contribution >= 0.6 is 0 Å². The first-order valence-electron chi connectivity index (χ1n) is 6.67. The van der Waals surface area contributed by atoms with Gasteiger partial charge in [-0.05, 0) is 43.3 Å². The van der Waals surface area contributed by atoms with Crippen molar-refractivity contribution in [1.82, 2.24) is 0 Å². The third-order valence-corrected chi connectivity index (χ3v) is 3.54. The van der Waals surface area contributed by atoms with Crippen LogP contribution in [0.5, 0.6) is 0 Å². The molecule has 3 rings (SSSR count). The summed E-state index contributed by atoms with van der Waals surface area (Å²) in [6.07, 6.45) is 0. The van der Waals surface area contributed by atoms with Crippen LogP contribution in [-0.2, 0) is 0 Å². The maximum Gasteiger partial charge on any atom is 0.200 e. The van der Waals surface area contributed by atoms with Crippen molar-refractivity contribution in [2.24, 2.45) is 0 Å². The Kier molecular flexibility index (Phi) is 3.35. The predicted octanol–water partition coefficient (Wildman–Crippen LogP) is 2.32. The molecule has 0 fully saturated rings. The van der Waals surface area contributed by atoms with E-state index in [-0.39, 0.29) is 27.5 Å². The molecule has 0 aliphatic heterocycles. The monoisotopic (exact) mass is 296 g/mol. The van der Waals surface area contributed by atoms with Gasteiger partial charge in [0, 0.05) is 11.1 Å². The van der Waals surface area contributed by atoms with E-state index in [0.717, 1.165) is 0 Å². The number of benzene rings is 2. The second-order valence-electron chi connectivity index (χ2n) is 4.99. The predicted molar refractivity (Wildman–Crippen MR) is 81.4 cm³/mol. The summed E-state index contributed by atoms with van der Waals surface area (Å²) >= 11 is 0. The molecule has 0 saturated carbocycles. The van der Waals surface area contributed by atoms with Gasteiger partial charge >= 0.3 is 0 Å². The normalized spacial score (nSPS) is 11.0. The fraction of sp³-hybridized carbons (Fsp3) is 0.118. The average molecular weight is 296 g/mol. The van der Waals surface area contributed by atoms with Gasteiger partial charge in [-0.25, -0.2) is 0 Å². The van der Waals surface area contributed by atoms with Crippen LogP contribution in [0.1, 0.15) is 27.6 Å². The quantitative estimate of drug-likeness (QED) is 0.592. The molecule has 0 radical (unpaired) electrons. The lowest BCUT2D eigenvalue weighted by molar-refractivity contribution is 0.0903. The van der Waals surface area contributed by atoms with Gasteiger partial charge in [-0.3, -0.25) is 14.4 Å². The second-order valence-corrected chi connectivity index (χ2v) is 4.99. The zero-order valence-corrected chi connectivity index (χ0v) is 11.8. The Morgan fingerprint density at radius 1 is 1.00 bits per heavy atom. The number of fused-ring (bicyclic) bond motifs is 2. The summed E-state index contributed by atoms with van der Waals surface area (Å²) in [5.74, 6) is -0.621. The summed E-state index contributed by atoms with van der Waals surface area (Å²) in [6, 6.07) is 9.10. The molecule has 0 amide bonds. The number of rotatable bonds is 3. The van der Waals surface area contributed by atoms with Gasteiger partial charge in [0.05, 0.1) is 10.8 Å². The first-order valence-corrected chi connectivity index (χ1v) is 6.67. The summed E-state index contributed by atoms with van der Waals surface area (Å²) in [5, 5.41) is 9.44. The van der Waals surface area contributed by atoms with E-state index in [1.807, 2.05) is 0 Å². The van der Waals surface area contributed by atoms with E-state index in [1.54, 1.807) is 12.1 Å². The van der Waals surface area contributed by atoms with Gasteiger partial charge in [0.1, 0.15) is 17.8 Å². The van der Waals surface area contributed by atoms with Crippen molar-refractivity contribution in [2.75, 3.05) is 6.61 Å². The summed E-state index contributed by atoms with van der Waals surface area (Å²) in [7, 11) is 0. The van der Waals surface area contributed by atoms with Gasteiger partial charge in [-0.15, -0.1) is 0 Å². The fourth-order valence-electron chi connectivity index (χ4n) is 2.34. The lowest BCUT2D eigenvalue weighted by Crippen LogP contribution is -2.08. The summed E-state index contributed by atoms with van der Waals surface area (Å²) in [5.41, 5.74) is 1.07. The Balaban J connectivity index is 2.36. The summed E-state index contributed by atoms with van der Waals surface area (Å²) in [4.78, 5) is 35.6. The smallest absolute Gasteiger partial charge is 0.200 e. The van der Waals surface area contributed by atoms with Crippen LogP contribution in [0.4, 0.5) is 0 Å². The number of ketones is 2. The molecule has 0 saturated heterocycles. The van der Waals surface area contributed by atoms with Crippen molar-refractivity contribution in [3.63, 3.8) is 0 Å². The van der Waals surface area contributed by atoms with Crippen molar-refractivity contribution in [1.29, 1.82) is 0 Å². The number of Topliss-reactive ketones (excluding diaryl/α,β-unsaturated/α-hetero) is 2. The van der Waals surface area contributed by atoms with Crippen LogP contribution in [0.25, 0.3) is 21.9 Å². The fourth-order valence-corrected chi connectivity index (χ4v) is 2.34. The van der Waals surface area contributed by atoms with Gasteiger partial charge in [0.25, 0.3) is 0 Å². The molecule has 3 aromatic rings. The van der Waals surface area contributed by atoms with Crippen LogP contribution in [0.2, 0.25) is 0 Å². The first kappa shape index (κ1) is 14.2. The third kappa shape index (κ3) is 2.21. The Morgan fingerprint density at radius 2 is 1.55 bits per heavy atom. The second kappa shape index (κ2) is 5.20. The molecule has 0 atom stereocenters. The van der Waals surface area contributed by atoms with Crippen LogP contribution in [0, 0.1) is 0 Å². The zero-order valence-electron chi connectivity index (χ0n) is 11.8. The number of aliphatic hydroxyl groups excluding tert-OH is 1. The van der Waals surface area contributed by atoms with E-state index in [1.165, 1.54) is 31.2 Å². The average Bonchev–Trinajstić information content (AvgIpc) is 2.53. The molecular formula is C17H12O5. The van der Waals surface area contributed by atoms with Crippen molar-refractivity contribution in [2.45, 2.75) is 6.92 Å². The number of aliphatic hydroxyl groups is 1. The van der Waals surface area contributed by atoms with Crippen molar-refractivity contribution in [3.8, 4) is 0 Å². The van der Waals surface area contributed by atoms with E-state index < -0.39 is 12.4 Å². The molecule has 1 heterocycles. The maximum atomic E-state index is 12.6. The molecule has 22 heavy (non-hydrogen) atoms. The van der Waals surface area contributed by atoms with Gasteiger partial charge in [0.2, 0.25) is 5.43 Å². The molecule has 110 valence electrons. The first-order chi connectivity index (χ1) is 10.5. The van der Waals surface area contributed by atoms with Gasteiger partial charge in [-0.2, -0.15) is 0 Å². The van der Waals surface area contributed by atoms with E-state index in [9.17, 15) is 14.4 Å². The SMILES string of the molecule is CC(=O)c1ccc2oc3ccc(C(=O)CO)cc3c(=O)c2c1. The molecule has 1 N–H and O–H groups in total. The lowest BCUT2D eigenvalue weighted by atomic mass is 10.0. The molecule has 0 aliphatic rings.